The Hall–Kier alpha value is -1.96. The van der Waals surface area contributed by atoms with Gasteiger partial charge in [-0.15, -0.1) is 0 Å². The Morgan fingerprint density at radius 3 is 2.68 bits per heavy atom. The van der Waals surface area contributed by atoms with Crippen LogP contribution in [0.4, 0.5) is 0 Å². The third kappa shape index (κ3) is 3.40. The van der Waals surface area contributed by atoms with Crippen LogP contribution >= 0.6 is 0 Å². The fraction of sp³-hybridized carbons (Fsp3) is 0.765. The molecule has 138 valence electrons. The predicted octanol–water partition coefficient (Wildman–Crippen LogP) is 0.956. The molecule has 8 nitrogen and oxygen atoms in total. The van der Waals surface area contributed by atoms with E-state index < -0.39 is 11.4 Å². The van der Waals surface area contributed by atoms with Crippen LogP contribution in [0.1, 0.15) is 37.6 Å². The van der Waals surface area contributed by atoms with Crippen molar-refractivity contribution in [3.8, 4) is 0 Å². The van der Waals surface area contributed by atoms with Gasteiger partial charge in [-0.3, -0.25) is 9.59 Å². The first-order chi connectivity index (χ1) is 12.0. The monoisotopic (exact) mass is 350 g/mol. The molecule has 0 aliphatic carbocycles. The average Bonchev–Trinajstić information content (AvgIpc) is 3.21. The van der Waals surface area contributed by atoms with E-state index in [1.165, 1.54) is 0 Å². The lowest BCUT2D eigenvalue weighted by Crippen LogP contribution is -2.42. The molecule has 2 aliphatic rings. The van der Waals surface area contributed by atoms with Crippen LogP contribution in [-0.2, 0) is 16.0 Å². The van der Waals surface area contributed by atoms with Crippen LogP contribution in [0.2, 0.25) is 0 Å². The zero-order valence-electron chi connectivity index (χ0n) is 14.9. The molecule has 0 spiro atoms. The van der Waals surface area contributed by atoms with Crippen LogP contribution in [0.25, 0.3) is 0 Å². The predicted molar refractivity (Wildman–Crippen MR) is 88.8 cm³/mol. The molecule has 0 saturated carbocycles. The van der Waals surface area contributed by atoms with Gasteiger partial charge in [0.25, 0.3) is 0 Å². The Morgan fingerprint density at radius 2 is 2.08 bits per heavy atom. The van der Waals surface area contributed by atoms with Crippen LogP contribution in [0.3, 0.4) is 0 Å². The van der Waals surface area contributed by atoms with Gasteiger partial charge in [-0.05, 0) is 19.9 Å². The van der Waals surface area contributed by atoms with E-state index in [4.69, 9.17) is 0 Å². The summed E-state index contributed by atoms with van der Waals surface area (Å²) in [6, 6.07) is 0. The van der Waals surface area contributed by atoms with E-state index >= 15 is 0 Å². The molecule has 0 radical (unpaired) electrons. The standard InChI is InChI=1S/C17H26N4O4/c1-3-4-5-6-20-8-13-9-21(11-17(13,10-20)16(23)24)15(22)7-14-12(2)18-25-19-14/h13H,3-11H2,1-2H3,(H,23,24)/t13-,17-/m0/s1. The maximum atomic E-state index is 12.6. The molecule has 2 atom stereocenters. The van der Waals surface area contributed by atoms with Gasteiger partial charge in [0.1, 0.15) is 16.8 Å². The number of hydrogen-bond acceptors (Lipinski definition) is 6. The second-order valence-corrected chi connectivity index (χ2v) is 7.35. The molecule has 2 aliphatic heterocycles. The van der Waals surface area contributed by atoms with Crippen molar-refractivity contribution >= 4 is 11.9 Å². The Morgan fingerprint density at radius 1 is 1.28 bits per heavy atom. The summed E-state index contributed by atoms with van der Waals surface area (Å²) in [5, 5.41) is 17.3. The number of carbonyl (C=O) groups excluding carboxylic acids is 1. The van der Waals surface area contributed by atoms with Crippen LogP contribution in [0, 0.1) is 18.3 Å². The van der Waals surface area contributed by atoms with Gasteiger partial charge < -0.3 is 14.9 Å². The molecule has 8 heteroatoms. The summed E-state index contributed by atoms with van der Waals surface area (Å²) < 4.78 is 4.63. The lowest BCUT2D eigenvalue weighted by molar-refractivity contribution is -0.149. The molecule has 2 fully saturated rings. The zero-order chi connectivity index (χ0) is 18.0. The van der Waals surface area contributed by atoms with E-state index in [2.05, 4.69) is 26.8 Å². The van der Waals surface area contributed by atoms with Crippen LogP contribution in [-0.4, -0.2) is 69.8 Å². The molecular weight excluding hydrogens is 324 g/mol. The van der Waals surface area contributed by atoms with E-state index in [1.807, 2.05) is 0 Å². The van der Waals surface area contributed by atoms with Gasteiger partial charge in [0, 0.05) is 32.1 Å². The number of hydrogen-bond donors (Lipinski definition) is 1. The van der Waals surface area contributed by atoms with Crippen LogP contribution in [0.5, 0.6) is 0 Å². The molecule has 1 N–H and O–H groups in total. The number of rotatable bonds is 7. The zero-order valence-corrected chi connectivity index (χ0v) is 14.9. The number of amides is 1. The number of aliphatic carboxylic acids is 1. The molecule has 0 bridgehead atoms. The smallest absolute Gasteiger partial charge is 0.313 e. The first-order valence-corrected chi connectivity index (χ1v) is 8.98. The highest BCUT2D eigenvalue weighted by Gasteiger charge is 2.58. The number of carboxylic acid groups (broad SMARTS) is 1. The summed E-state index contributed by atoms with van der Waals surface area (Å²) >= 11 is 0. The van der Waals surface area contributed by atoms with Crippen molar-refractivity contribution in [3.05, 3.63) is 11.4 Å². The molecule has 1 aromatic heterocycles. The summed E-state index contributed by atoms with van der Waals surface area (Å²) in [5.41, 5.74) is 0.286. The van der Waals surface area contributed by atoms with Crippen molar-refractivity contribution in [3.63, 3.8) is 0 Å². The lowest BCUT2D eigenvalue weighted by atomic mass is 9.81. The highest BCUT2D eigenvalue weighted by Crippen LogP contribution is 2.43. The highest BCUT2D eigenvalue weighted by atomic mass is 16.6. The van der Waals surface area contributed by atoms with E-state index in [0.29, 0.717) is 24.5 Å². The topological polar surface area (TPSA) is 99.8 Å². The van der Waals surface area contributed by atoms with Crippen LogP contribution in [0.15, 0.2) is 4.63 Å². The molecule has 25 heavy (non-hydrogen) atoms. The minimum Gasteiger partial charge on any atom is -0.481 e. The van der Waals surface area contributed by atoms with Crippen molar-refractivity contribution in [2.75, 3.05) is 32.7 Å². The van der Waals surface area contributed by atoms with Gasteiger partial charge in [0.05, 0.1) is 6.42 Å². The summed E-state index contributed by atoms with van der Waals surface area (Å²) in [6.07, 6.45) is 3.52. The van der Waals surface area contributed by atoms with Gasteiger partial charge >= 0.3 is 5.97 Å². The third-order valence-corrected chi connectivity index (χ3v) is 5.60. The fourth-order valence-corrected chi connectivity index (χ4v) is 4.08. The number of aromatic nitrogens is 2. The maximum absolute atomic E-state index is 12.6. The summed E-state index contributed by atoms with van der Waals surface area (Å²) in [4.78, 5) is 28.5. The minimum atomic E-state index is -0.834. The Bertz CT molecular complexity index is 646. The van der Waals surface area contributed by atoms with E-state index in [0.717, 1.165) is 32.4 Å². The first kappa shape index (κ1) is 17.8. The molecule has 0 aromatic carbocycles. The van der Waals surface area contributed by atoms with Crippen molar-refractivity contribution < 1.29 is 19.3 Å². The summed E-state index contributed by atoms with van der Waals surface area (Å²) in [5.74, 6) is -0.899. The number of unbranched alkanes of at least 4 members (excludes halogenated alkanes) is 2. The number of likely N-dealkylation sites (tertiary alicyclic amines) is 2. The molecule has 2 saturated heterocycles. The molecule has 0 unspecified atom stereocenters. The Kier molecular flexibility index (Phi) is 5.08. The fourth-order valence-electron chi connectivity index (χ4n) is 4.08. The van der Waals surface area contributed by atoms with E-state index in [9.17, 15) is 14.7 Å². The Balaban J connectivity index is 1.64. The quantitative estimate of drug-likeness (QED) is 0.731. The molecular formula is C17H26N4O4. The molecule has 3 heterocycles. The van der Waals surface area contributed by atoms with Crippen molar-refractivity contribution in [1.82, 2.24) is 20.1 Å². The molecule has 1 aromatic rings. The lowest BCUT2D eigenvalue weighted by Gasteiger charge is -2.25. The largest absolute Gasteiger partial charge is 0.481 e. The van der Waals surface area contributed by atoms with Crippen molar-refractivity contribution in [1.29, 1.82) is 0 Å². The first-order valence-electron chi connectivity index (χ1n) is 8.98. The van der Waals surface area contributed by atoms with Crippen molar-refractivity contribution in [2.24, 2.45) is 11.3 Å². The number of carbonyl (C=O) groups is 2. The number of fused-ring (bicyclic) bond motifs is 1. The highest BCUT2D eigenvalue weighted by molar-refractivity contribution is 5.82. The Labute approximate surface area is 147 Å². The van der Waals surface area contributed by atoms with Crippen molar-refractivity contribution in [2.45, 2.75) is 39.5 Å². The third-order valence-electron chi connectivity index (χ3n) is 5.60. The second kappa shape index (κ2) is 7.11. The second-order valence-electron chi connectivity index (χ2n) is 7.35. The average molecular weight is 350 g/mol. The van der Waals surface area contributed by atoms with Gasteiger partial charge in [-0.1, -0.05) is 30.1 Å². The summed E-state index contributed by atoms with van der Waals surface area (Å²) in [6.45, 7) is 6.91. The SMILES string of the molecule is CCCCCN1C[C@H]2CN(C(=O)Cc3nonc3C)C[C@@]2(C(=O)O)C1. The summed E-state index contributed by atoms with van der Waals surface area (Å²) in [7, 11) is 0. The van der Waals surface area contributed by atoms with E-state index in [1.54, 1.807) is 11.8 Å². The van der Waals surface area contributed by atoms with Gasteiger partial charge in [0.15, 0.2) is 0 Å². The van der Waals surface area contributed by atoms with Crippen LogP contribution < -0.4 is 0 Å². The maximum Gasteiger partial charge on any atom is 0.313 e. The number of nitrogens with zero attached hydrogens (tertiary/aromatic N) is 4. The van der Waals surface area contributed by atoms with Gasteiger partial charge in [0.2, 0.25) is 5.91 Å². The molecule has 3 rings (SSSR count). The van der Waals surface area contributed by atoms with E-state index in [-0.39, 0.29) is 24.8 Å². The number of carboxylic acids is 1. The molecule has 1 amide bonds. The van der Waals surface area contributed by atoms with Gasteiger partial charge in [-0.2, -0.15) is 0 Å². The minimum absolute atomic E-state index is 0.00731. The number of aryl methyl sites for hydroxylation is 1. The van der Waals surface area contributed by atoms with Gasteiger partial charge in [-0.25, -0.2) is 4.63 Å². The normalized spacial score (nSPS) is 26.2.